The maximum atomic E-state index is 12.7. The van der Waals surface area contributed by atoms with Gasteiger partial charge in [0, 0.05) is 28.8 Å². The molecule has 2 aromatic rings. The number of sulfonamides is 1. The third-order valence-corrected chi connectivity index (χ3v) is 7.78. The first-order valence-corrected chi connectivity index (χ1v) is 16.5. The third-order valence-electron chi connectivity index (χ3n) is 6.54. The van der Waals surface area contributed by atoms with E-state index in [0.717, 1.165) is 49.4 Å². The van der Waals surface area contributed by atoms with Gasteiger partial charge in [-0.15, -0.1) is 0 Å². The summed E-state index contributed by atoms with van der Waals surface area (Å²) in [6, 6.07) is 6.70. The minimum absolute atomic E-state index is 0.132. The number of carbonyl (C=O) groups is 1. The van der Waals surface area contributed by atoms with E-state index < -0.39 is 10.0 Å². The van der Waals surface area contributed by atoms with Crippen molar-refractivity contribution in [2.24, 2.45) is 11.8 Å². The monoisotopic (exact) mass is 566 g/mol. The molecule has 38 heavy (non-hydrogen) atoms. The molecule has 0 aliphatic carbocycles. The zero-order valence-corrected chi connectivity index (χ0v) is 25.2. The highest BCUT2D eigenvalue weighted by molar-refractivity contribution is 7.92. The van der Waals surface area contributed by atoms with Gasteiger partial charge >= 0.3 is 6.03 Å². The molecule has 214 valence electrons. The maximum absolute atomic E-state index is 12.7. The number of hydrogen-bond acceptors (Lipinski definition) is 7. The summed E-state index contributed by atoms with van der Waals surface area (Å²) < 4.78 is 29.8. The number of aromatic nitrogens is 2. The molecule has 1 aromatic heterocycles. The zero-order chi connectivity index (χ0) is 28.0. The zero-order valence-electron chi connectivity index (χ0n) is 23.5. The SMILES string of the molecule is CCCC(C)CCCCC(CCC(C)CCC)NC(=O)NNc1nc(-c2cccc(NS(C)(=O)=O)c2)ns1. The number of nitrogens with one attached hydrogen (secondary N) is 4. The first kappa shape index (κ1) is 31.8. The third kappa shape index (κ3) is 12.9. The number of urea groups is 1. The van der Waals surface area contributed by atoms with E-state index in [0.29, 0.717) is 28.1 Å². The van der Waals surface area contributed by atoms with E-state index >= 15 is 0 Å². The Morgan fingerprint density at radius 1 is 0.974 bits per heavy atom. The van der Waals surface area contributed by atoms with Crippen molar-refractivity contribution in [3.63, 3.8) is 0 Å². The molecule has 0 bridgehead atoms. The highest BCUT2D eigenvalue weighted by Crippen LogP contribution is 2.24. The molecule has 0 saturated heterocycles. The molecule has 2 amide bonds. The van der Waals surface area contributed by atoms with Crippen molar-refractivity contribution in [1.82, 2.24) is 20.1 Å². The van der Waals surface area contributed by atoms with Gasteiger partial charge in [0.15, 0.2) is 5.82 Å². The summed E-state index contributed by atoms with van der Waals surface area (Å²) in [5, 5.41) is 3.58. The molecule has 11 heteroatoms. The quantitative estimate of drug-likeness (QED) is 0.116. The highest BCUT2D eigenvalue weighted by Gasteiger charge is 2.15. The van der Waals surface area contributed by atoms with Crippen LogP contribution in [-0.2, 0) is 10.0 Å². The Balaban J connectivity index is 1.89. The molecule has 4 N–H and O–H groups in total. The summed E-state index contributed by atoms with van der Waals surface area (Å²) in [5.74, 6) is 1.86. The average molecular weight is 567 g/mol. The van der Waals surface area contributed by atoms with Crippen molar-refractivity contribution in [3.8, 4) is 11.4 Å². The van der Waals surface area contributed by atoms with Gasteiger partial charge in [0.1, 0.15) is 0 Å². The minimum atomic E-state index is -3.38. The first-order valence-electron chi connectivity index (χ1n) is 13.8. The van der Waals surface area contributed by atoms with E-state index in [4.69, 9.17) is 0 Å². The fraction of sp³-hybridized carbons (Fsp3) is 0.667. The predicted octanol–water partition coefficient (Wildman–Crippen LogP) is 6.78. The van der Waals surface area contributed by atoms with Gasteiger partial charge in [0.25, 0.3) is 0 Å². The van der Waals surface area contributed by atoms with Gasteiger partial charge in [0.05, 0.1) is 6.26 Å². The van der Waals surface area contributed by atoms with E-state index in [2.05, 4.69) is 57.9 Å². The molecule has 0 fully saturated rings. The lowest BCUT2D eigenvalue weighted by Gasteiger charge is -2.21. The average Bonchev–Trinajstić information content (AvgIpc) is 3.32. The number of carbonyl (C=O) groups excluding carboxylic acids is 1. The summed E-state index contributed by atoms with van der Waals surface area (Å²) in [5.41, 5.74) is 6.64. The van der Waals surface area contributed by atoms with Crippen LogP contribution in [0.15, 0.2) is 24.3 Å². The second kappa shape index (κ2) is 16.5. The Kier molecular flexibility index (Phi) is 13.8. The molecule has 0 saturated carbocycles. The van der Waals surface area contributed by atoms with Gasteiger partial charge in [-0.25, -0.2) is 18.6 Å². The highest BCUT2D eigenvalue weighted by atomic mass is 32.2. The van der Waals surface area contributed by atoms with Crippen LogP contribution in [0.5, 0.6) is 0 Å². The predicted molar refractivity (Wildman–Crippen MR) is 159 cm³/mol. The van der Waals surface area contributed by atoms with E-state index in [-0.39, 0.29) is 12.1 Å². The molecule has 0 aliphatic heterocycles. The van der Waals surface area contributed by atoms with Gasteiger partial charge in [-0.2, -0.15) is 9.36 Å². The van der Waals surface area contributed by atoms with Crippen molar-refractivity contribution >= 4 is 38.4 Å². The van der Waals surface area contributed by atoms with Crippen LogP contribution in [0.25, 0.3) is 11.4 Å². The van der Waals surface area contributed by atoms with E-state index in [1.807, 2.05) is 0 Å². The van der Waals surface area contributed by atoms with E-state index in [1.165, 1.54) is 38.5 Å². The Labute approximate surface area is 233 Å². The molecular weight excluding hydrogens is 520 g/mol. The van der Waals surface area contributed by atoms with Crippen molar-refractivity contribution in [3.05, 3.63) is 24.3 Å². The lowest BCUT2D eigenvalue weighted by Crippen LogP contribution is -2.44. The van der Waals surface area contributed by atoms with Crippen molar-refractivity contribution < 1.29 is 13.2 Å². The number of benzene rings is 1. The standard InChI is InChI=1S/C27H46N6O3S2/c1-6-11-20(3)13-8-9-15-23(18-17-21(4)12-7-2)28-26(34)30-31-27-29-25(32-37-27)22-14-10-16-24(19-22)33-38(5,35)36/h10,14,16,19-21,23,33H,6-9,11-13,15,17-18H2,1-5H3,(H2,28,30,34)(H,29,31,32). The molecule has 1 heterocycles. The molecule has 2 rings (SSSR count). The van der Waals surface area contributed by atoms with Crippen LogP contribution in [0.1, 0.15) is 91.9 Å². The van der Waals surface area contributed by atoms with Gasteiger partial charge in [-0.05, 0) is 43.2 Å². The van der Waals surface area contributed by atoms with Crippen LogP contribution >= 0.6 is 11.5 Å². The van der Waals surface area contributed by atoms with Crippen LogP contribution in [0, 0.1) is 11.8 Å². The lowest BCUT2D eigenvalue weighted by atomic mass is 9.93. The Morgan fingerprint density at radius 3 is 2.34 bits per heavy atom. The molecule has 3 atom stereocenters. The lowest BCUT2D eigenvalue weighted by molar-refractivity contribution is 0.235. The van der Waals surface area contributed by atoms with Crippen molar-refractivity contribution in [2.75, 3.05) is 16.4 Å². The molecule has 0 radical (unpaired) electrons. The summed E-state index contributed by atoms with van der Waals surface area (Å²) in [7, 11) is -3.38. The van der Waals surface area contributed by atoms with E-state index in [1.54, 1.807) is 24.3 Å². The van der Waals surface area contributed by atoms with E-state index in [9.17, 15) is 13.2 Å². The van der Waals surface area contributed by atoms with Crippen LogP contribution in [0.3, 0.4) is 0 Å². The second-order valence-corrected chi connectivity index (χ2v) is 12.9. The minimum Gasteiger partial charge on any atom is -0.334 e. The normalized spacial score (nSPS) is 13.9. The van der Waals surface area contributed by atoms with Gasteiger partial charge in [-0.3, -0.25) is 10.1 Å². The maximum Gasteiger partial charge on any atom is 0.333 e. The fourth-order valence-corrected chi connectivity index (χ4v) is 5.69. The number of nitrogens with zero attached hydrogens (tertiary/aromatic N) is 2. The van der Waals surface area contributed by atoms with Gasteiger partial charge < -0.3 is 5.32 Å². The van der Waals surface area contributed by atoms with Crippen molar-refractivity contribution in [2.45, 2.75) is 97.9 Å². The fourth-order valence-electron chi connectivity index (χ4n) is 4.59. The number of hydrogen-bond donors (Lipinski definition) is 4. The molecule has 3 unspecified atom stereocenters. The van der Waals surface area contributed by atoms with Gasteiger partial charge in [0.2, 0.25) is 15.2 Å². The summed E-state index contributed by atoms with van der Waals surface area (Å²) in [6.07, 6.45) is 12.6. The summed E-state index contributed by atoms with van der Waals surface area (Å²) >= 11 is 1.11. The summed E-state index contributed by atoms with van der Waals surface area (Å²) in [6.45, 7) is 9.06. The molecule has 0 spiro atoms. The topological polar surface area (TPSA) is 125 Å². The number of rotatable bonds is 18. The Morgan fingerprint density at radius 2 is 1.66 bits per heavy atom. The second-order valence-electron chi connectivity index (χ2n) is 10.4. The Bertz CT molecular complexity index is 1080. The van der Waals surface area contributed by atoms with Crippen LogP contribution in [0.2, 0.25) is 0 Å². The molecular formula is C27H46N6O3S2. The van der Waals surface area contributed by atoms with Crippen LogP contribution in [-0.4, -0.2) is 36.1 Å². The molecule has 1 aromatic carbocycles. The molecule has 9 nitrogen and oxygen atoms in total. The first-order chi connectivity index (χ1) is 18.1. The molecule has 0 aliphatic rings. The number of unbranched alkanes of at least 4 members (excludes halogenated alkanes) is 1. The smallest absolute Gasteiger partial charge is 0.333 e. The summed E-state index contributed by atoms with van der Waals surface area (Å²) in [4.78, 5) is 17.1. The van der Waals surface area contributed by atoms with Crippen LogP contribution in [0.4, 0.5) is 15.6 Å². The largest absolute Gasteiger partial charge is 0.334 e. The van der Waals surface area contributed by atoms with Crippen molar-refractivity contribution in [1.29, 1.82) is 0 Å². The van der Waals surface area contributed by atoms with Gasteiger partial charge in [-0.1, -0.05) is 84.8 Å². The number of amides is 2. The number of anilines is 2. The van der Waals surface area contributed by atoms with Crippen LogP contribution < -0.4 is 20.9 Å². The number of hydrazine groups is 1. The Hall–Kier alpha value is -2.40.